The topological polar surface area (TPSA) is 20.2 Å². The molecule has 5 saturated carbocycles. The fourth-order valence-electron chi connectivity index (χ4n) is 11.5. The van der Waals surface area contributed by atoms with Crippen molar-refractivity contribution in [3.63, 3.8) is 0 Å². The fraction of sp³-hybridized carbons (Fsp3) is 0.935. The molecule has 32 heavy (non-hydrogen) atoms. The van der Waals surface area contributed by atoms with E-state index in [1.54, 1.807) is 0 Å². The molecule has 0 amide bonds. The number of aliphatic hydroxyl groups is 1. The summed E-state index contributed by atoms with van der Waals surface area (Å²) in [7, 11) is 0. The zero-order chi connectivity index (χ0) is 22.6. The summed E-state index contributed by atoms with van der Waals surface area (Å²) in [5, 5.41) is 10.9. The van der Waals surface area contributed by atoms with Crippen LogP contribution in [0.1, 0.15) is 120 Å². The van der Waals surface area contributed by atoms with Gasteiger partial charge in [0.2, 0.25) is 0 Å². The minimum absolute atomic E-state index is 0. The van der Waals surface area contributed by atoms with Crippen molar-refractivity contribution in [2.24, 2.45) is 56.7 Å². The molecule has 0 radical (unpaired) electrons. The fourth-order valence-corrected chi connectivity index (χ4v) is 11.5. The van der Waals surface area contributed by atoms with Crippen molar-refractivity contribution in [3.8, 4) is 0 Å². The first-order chi connectivity index (χ1) is 14.3. The molecule has 0 aromatic carbocycles. The third-order valence-electron chi connectivity index (χ3n) is 13.5. The average molecular weight is 443 g/mol. The zero-order valence-electron chi connectivity index (χ0n) is 21.7. The first kappa shape index (κ1) is 24.8. The molecule has 5 rings (SSSR count). The highest BCUT2D eigenvalue weighted by Crippen LogP contribution is 2.77. The van der Waals surface area contributed by atoms with Gasteiger partial charge in [0.1, 0.15) is 0 Å². The van der Waals surface area contributed by atoms with E-state index in [2.05, 4.69) is 55.0 Å². The van der Waals surface area contributed by atoms with Gasteiger partial charge in [0.15, 0.2) is 0 Å². The molecule has 0 spiro atoms. The van der Waals surface area contributed by atoms with E-state index in [0.717, 1.165) is 30.1 Å². The van der Waals surface area contributed by atoms with Crippen molar-refractivity contribution in [2.45, 2.75) is 126 Å². The predicted octanol–water partition coefficient (Wildman–Crippen LogP) is 8.66. The van der Waals surface area contributed by atoms with E-state index >= 15 is 0 Å². The largest absolute Gasteiger partial charge is 0.393 e. The molecule has 5 fully saturated rings. The average Bonchev–Trinajstić information content (AvgIpc) is 3.04. The summed E-state index contributed by atoms with van der Waals surface area (Å²) in [5.74, 6) is 3.98. The van der Waals surface area contributed by atoms with E-state index in [1.807, 2.05) is 0 Å². The number of aliphatic hydroxyl groups excluding tert-OH is 1. The molecule has 1 heteroatoms. The minimum Gasteiger partial charge on any atom is -0.393 e. The molecule has 1 nitrogen and oxygen atoms in total. The SMILES string of the molecule is C.C=C(C)[C@@H]1CC[C@]2(C)CC[C@]3(C)[C@H](CC[C@@H]4[C@@]5(C)CC[C@H](O)C(C)(C)[C@@H]5CC[C@]43C)[C@@H]12. The Morgan fingerprint density at radius 2 is 1.44 bits per heavy atom. The van der Waals surface area contributed by atoms with Crippen molar-refractivity contribution < 1.29 is 5.11 Å². The Bertz CT molecular complexity index is 766. The third-order valence-corrected chi connectivity index (χ3v) is 13.5. The summed E-state index contributed by atoms with van der Waals surface area (Å²) in [5.41, 5.74) is 3.38. The molecule has 0 unspecified atom stereocenters. The number of hydrogen-bond acceptors (Lipinski definition) is 1. The lowest BCUT2D eigenvalue weighted by atomic mass is 9.32. The molecule has 5 aliphatic carbocycles. The monoisotopic (exact) mass is 442 g/mol. The van der Waals surface area contributed by atoms with Crippen LogP contribution in [0.4, 0.5) is 0 Å². The van der Waals surface area contributed by atoms with E-state index < -0.39 is 0 Å². The number of rotatable bonds is 1. The van der Waals surface area contributed by atoms with Crippen LogP contribution in [-0.2, 0) is 0 Å². The lowest BCUT2D eigenvalue weighted by Gasteiger charge is -2.73. The van der Waals surface area contributed by atoms with Gasteiger partial charge >= 0.3 is 0 Å². The highest BCUT2D eigenvalue weighted by Gasteiger charge is 2.70. The lowest BCUT2D eigenvalue weighted by molar-refractivity contribution is -0.246. The van der Waals surface area contributed by atoms with Crippen LogP contribution in [-0.4, -0.2) is 11.2 Å². The smallest absolute Gasteiger partial charge is 0.0594 e. The van der Waals surface area contributed by atoms with Gasteiger partial charge in [-0.1, -0.05) is 61.1 Å². The predicted molar refractivity (Wildman–Crippen MR) is 137 cm³/mol. The molecule has 0 aromatic rings. The summed E-state index contributed by atoms with van der Waals surface area (Å²) in [6.07, 6.45) is 13.4. The van der Waals surface area contributed by atoms with Crippen molar-refractivity contribution >= 4 is 0 Å². The molecule has 0 aliphatic heterocycles. The minimum atomic E-state index is -0.118. The molecular weight excluding hydrogens is 388 g/mol. The summed E-state index contributed by atoms with van der Waals surface area (Å²) in [6.45, 7) is 22.3. The molecule has 5 aliphatic rings. The molecule has 0 heterocycles. The van der Waals surface area contributed by atoms with E-state index in [4.69, 9.17) is 0 Å². The van der Waals surface area contributed by atoms with Crippen LogP contribution in [0.5, 0.6) is 0 Å². The molecule has 10 atom stereocenters. The summed E-state index contributed by atoms with van der Waals surface area (Å²) >= 11 is 0. The Morgan fingerprint density at radius 3 is 2.09 bits per heavy atom. The molecule has 1 N–H and O–H groups in total. The van der Waals surface area contributed by atoms with Gasteiger partial charge < -0.3 is 5.11 Å². The Kier molecular flexibility index (Phi) is 5.70. The number of hydrogen-bond donors (Lipinski definition) is 1. The van der Waals surface area contributed by atoms with Gasteiger partial charge in [0.25, 0.3) is 0 Å². The van der Waals surface area contributed by atoms with Crippen LogP contribution in [0.3, 0.4) is 0 Å². The highest BCUT2D eigenvalue weighted by atomic mass is 16.3. The summed E-state index contributed by atoms with van der Waals surface area (Å²) in [6, 6.07) is 0. The normalized spacial score (nSPS) is 56.1. The summed E-state index contributed by atoms with van der Waals surface area (Å²) in [4.78, 5) is 0. The van der Waals surface area contributed by atoms with Crippen molar-refractivity contribution in [2.75, 3.05) is 0 Å². The van der Waals surface area contributed by atoms with Gasteiger partial charge in [-0.3, -0.25) is 0 Å². The quantitative estimate of drug-likeness (QED) is 0.403. The van der Waals surface area contributed by atoms with Crippen LogP contribution >= 0.6 is 0 Å². The number of allylic oxidation sites excluding steroid dienone is 1. The third kappa shape index (κ3) is 2.85. The van der Waals surface area contributed by atoms with Gasteiger partial charge in [-0.2, -0.15) is 0 Å². The zero-order valence-corrected chi connectivity index (χ0v) is 21.7. The van der Waals surface area contributed by atoms with Gasteiger partial charge in [-0.15, -0.1) is 0 Å². The second-order valence-corrected chi connectivity index (χ2v) is 14.7. The van der Waals surface area contributed by atoms with Crippen molar-refractivity contribution in [1.29, 1.82) is 0 Å². The first-order valence-electron chi connectivity index (χ1n) is 13.6. The second-order valence-electron chi connectivity index (χ2n) is 14.7. The Balaban J connectivity index is 0.00000245. The molecule has 0 bridgehead atoms. The van der Waals surface area contributed by atoms with E-state index in [0.29, 0.717) is 27.6 Å². The van der Waals surface area contributed by atoms with Crippen molar-refractivity contribution in [1.82, 2.24) is 0 Å². The van der Waals surface area contributed by atoms with Gasteiger partial charge in [0, 0.05) is 0 Å². The molecule has 0 saturated heterocycles. The maximum Gasteiger partial charge on any atom is 0.0594 e. The molecule has 0 aromatic heterocycles. The second kappa shape index (κ2) is 7.35. The number of fused-ring (bicyclic) bond motifs is 7. The van der Waals surface area contributed by atoms with E-state index in [9.17, 15) is 5.11 Å². The maximum atomic E-state index is 10.9. The molecule has 184 valence electrons. The first-order valence-corrected chi connectivity index (χ1v) is 13.6. The summed E-state index contributed by atoms with van der Waals surface area (Å²) < 4.78 is 0. The van der Waals surface area contributed by atoms with Gasteiger partial charge in [-0.25, -0.2) is 0 Å². The Hall–Kier alpha value is -0.300. The van der Waals surface area contributed by atoms with E-state index in [-0.39, 0.29) is 18.9 Å². The highest BCUT2D eigenvalue weighted by molar-refractivity contribution is 5.21. The Morgan fingerprint density at radius 1 is 0.750 bits per heavy atom. The lowest BCUT2D eigenvalue weighted by Crippen LogP contribution is -2.66. The van der Waals surface area contributed by atoms with Gasteiger partial charge in [0.05, 0.1) is 6.10 Å². The van der Waals surface area contributed by atoms with Crippen LogP contribution < -0.4 is 0 Å². The Labute approximate surface area is 200 Å². The van der Waals surface area contributed by atoms with Gasteiger partial charge in [-0.05, 0) is 128 Å². The standard InChI is InChI=1S/C30H50O.CH4/c1-19(2)20-11-14-27(5)17-18-29(7)21(25(20)27)9-10-23-28(6)15-13-24(31)26(3,4)22(28)12-16-30(23,29)8;/h20-25,31H,1,9-18H2,2-8H3;1H4/t20-,21+,22-,23+,24-,25+,27+,28-,29+,30+;/m0./s1. The van der Waals surface area contributed by atoms with E-state index in [1.165, 1.54) is 63.4 Å². The molecular formula is C31H54O. The van der Waals surface area contributed by atoms with Crippen LogP contribution in [0.15, 0.2) is 12.2 Å². The van der Waals surface area contributed by atoms with Crippen LogP contribution in [0.2, 0.25) is 0 Å². The maximum absolute atomic E-state index is 10.9. The van der Waals surface area contributed by atoms with Crippen molar-refractivity contribution in [3.05, 3.63) is 12.2 Å². The van der Waals surface area contributed by atoms with Crippen LogP contribution in [0, 0.1) is 56.7 Å². The van der Waals surface area contributed by atoms with Crippen LogP contribution in [0.25, 0.3) is 0 Å².